The summed E-state index contributed by atoms with van der Waals surface area (Å²) in [7, 11) is 0. The maximum absolute atomic E-state index is 12.7. The molecule has 33 heavy (non-hydrogen) atoms. The zero-order valence-electron chi connectivity index (χ0n) is 19.6. The number of hydrogen-bond donors (Lipinski definition) is 1. The van der Waals surface area contributed by atoms with Crippen molar-refractivity contribution < 1.29 is 28.2 Å². The van der Waals surface area contributed by atoms with Crippen molar-refractivity contribution in [2.24, 2.45) is 11.3 Å². The van der Waals surface area contributed by atoms with Gasteiger partial charge in [0.05, 0.1) is 11.0 Å². The van der Waals surface area contributed by atoms with Gasteiger partial charge in [0.25, 0.3) is 0 Å². The molecule has 0 amide bonds. The van der Waals surface area contributed by atoms with Crippen molar-refractivity contribution in [3.8, 4) is 16.5 Å². The first-order valence-corrected chi connectivity index (χ1v) is 12.0. The molecule has 7 nitrogen and oxygen atoms in total. The molecule has 3 rings (SSSR count). The molecule has 2 aromatic rings. The lowest BCUT2D eigenvalue weighted by atomic mass is 9.73. The minimum absolute atomic E-state index is 0.161. The van der Waals surface area contributed by atoms with Crippen molar-refractivity contribution in [1.82, 2.24) is 14.9 Å². The van der Waals surface area contributed by atoms with Crippen molar-refractivity contribution in [2.75, 3.05) is 26.3 Å². The van der Waals surface area contributed by atoms with E-state index >= 15 is 0 Å². The first kappa shape index (κ1) is 27.1. The topological polar surface area (TPSA) is 84.8 Å². The minimum atomic E-state index is -2.97. The summed E-state index contributed by atoms with van der Waals surface area (Å²) in [6, 6.07) is 3.28. The van der Waals surface area contributed by atoms with Gasteiger partial charge in [-0.05, 0) is 37.8 Å². The Labute approximate surface area is 197 Å². The molecule has 184 valence electrons. The summed E-state index contributed by atoms with van der Waals surface area (Å²) in [6.07, 6.45) is 4.17. The van der Waals surface area contributed by atoms with Crippen molar-refractivity contribution in [1.29, 1.82) is 0 Å². The Hall–Kier alpha value is -2.17. The van der Waals surface area contributed by atoms with E-state index in [1.54, 1.807) is 18.3 Å². The molecule has 0 bridgehead atoms. The van der Waals surface area contributed by atoms with Crippen LogP contribution in [-0.4, -0.2) is 58.9 Å². The quantitative estimate of drug-likeness (QED) is 0.465. The molecule has 0 aliphatic carbocycles. The van der Waals surface area contributed by atoms with Crippen molar-refractivity contribution in [3.05, 3.63) is 29.4 Å². The number of hydrogen-bond acceptors (Lipinski definition) is 7. The Bertz CT molecular complexity index is 883. The summed E-state index contributed by atoms with van der Waals surface area (Å²) in [5.74, 6) is -0.730. The van der Waals surface area contributed by atoms with Crippen LogP contribution in [0.25, 0.3) is 10.6 Å². The van der Waals surface area contributed by atoms with E-state index in [2.05, 4.69) is 26.5 Å². The van der Waals surface area contributed by atoms with Crippen LogP contribution >= 0.6 is 11.3 Å². The van der Waals surface area contributed by atoms with Crippen LogP contribution in [0.15, 0.2) is 24.5 Å². The SMILES string of the molecule is CC.CCOCC[C@@]1(C(=O)O)CC(C)CN(Cc2cnc(-c3cccnc3OC(F)F)s2)C1. The molecule has 2 aromatic heterocycles. The predicted octanol–water partition coefficient (Wildman–Crippen LogP) is 5.17. The number of halogens is 2. The Balaban J connectivity index is 0.00000187. The van der Waals surface area contributed by atoms with Gasteiger partial charge in [-0.25, -0.2) is 9.97 Å². The number of carboxylic acid groups (broad SMARTS) is 1. The lowest BCUT2D eigenvalue weighted by molar-refractivity contribution is -0.156. The zero-order chi connectivity index (χ0) is 24.4. The van der Waals surface area contributed by atoms with Gasteiger partial charge in [-0.3, -0.25) is 9.69 Å². The molecule has 0 aromatic carbocycles. The lowest BCUT2D eigenvalue weighted by Gasteiger charge is -2.42. The van der Waals surface area contributed by atoms with Gasteiger partial charge < -0.3 is 14.6 Å². The molecule has 1 aliphatic heterocycles. The third kappa shape index (κ3) is 7.41. The van der Waals surface area contributed by atoms with Crippen LogP contribution in [0.2, 0.25) is 0 Å². The molecule has 1 aliphatic rings. The van der Waals surface area contributed by atoms with E-state index in [1.165, 1.54) is 17.5 Å². The predicted molar refractivity (Wildman–Crippen MR) is 124 cm³/mol. The van der Waals surface area contributed by atoms with E-state index in [1.807, 2.05) is 20.8 Å². The number of carboxylic acids is 1. The lowest BCUT2D eigenvalue weighted by Crippen LogP contribution is -2.50. The van der Waals surface area contributed by atoms with Gasteiger partial charge in [-0.2, -0.15) is 8.78 Å². The smallest absolute Gasteiger partial charge is 0.388 e. The number of aromatic nitrogens is 2. The van der Waals surface area contributed by atoms with Crippen LogP contribution < -0.4 is 4.74 Å². The number of nitrogens with zero attached hydrogens (tertiary/aromatic N) is 3. The molecular weight excluding hydrogens is 452 g/mol. The monoisotopic (exact) mass is 485 g/mol. The second-order valence-electron chi connectivity index (χ2n) is 7.88. The third-order valence-corrected chi connectivity index (χ3v) is 6.37. The molecule has 1 N–H and O–H groups in total. The van der Waals surface area contributed by atoms with Gasteiger partial charge in [-0.1, -0.05) is 20.8 Å². The van der Waals surface area contributed by atoms with Gasteiger partial charge >= 0.3 is 12.6 Å². The molecule has 10 heteroatoms. The fourth-order valence-corrected chi connectivity index (χ4v) is 5.13. The summed E-state index contributed by atoms with van der Waals surface area (Å²) < 4.78 is 35.3. The number of ether oxygens (including phenoxy) is 2. The fraction of sp³-hybridized carbons (Fsp3) is 0.609. The largest absolute Gasteiger partial charge is 0.481 e. The summed E-state index contributed by atoms with van der Waals surface area (Å²) in [5.41, 5.74) is -0.440. The number of piperidine rings is 1. The Morgan fingerprint density at radius 3 is 2.82 bits per heavy atom. The van der Waals surface area contributed by atoms with E-state index in [0.29, 0.717) is 49.7 Å². The van der Waals surface area contributed by atoms with E-state index in [4.69, 9.17) is 4.74 Å². The van der Waals surface area contributed by atoms with Gasteiger partial charge in [0, 0.05) is 50.1 Å². The molecule has 1 fully saturated rings. The van der Waals surface area contributed by atoms with Gasteiger partial charge in [0.2, 0.25) is 5.88 Å². The number of pyridine rings is 1. The first-order chi connectivity index (χ1) is 15.8. The standard InChI is InChI=1S/C21H27F2N3O4S.C2H6/c1-3-29-8-6-21(19(27)28)9-14(2)11-26(13-21)12-15-10-25-18(31-15)16-5-4-7-24-17(16)30-20(22)23;1-2/h4-5,7,10,14,20H,3,6,8-9,11-13H2,1-2H3,(H,27,28);1-2H3/t14?,21-;/m1./s1. The van der Waals surface area contributed by atoms with Crippen LogP contribution in [0.1, 0.15) is 45.4 Å². The third-order valence-electron chi connectivity index (χ3n) is 5.35. The van der Waals surface area contributed by atoms with Crippen molar-refractivity contribution in [2.45, 2.75) is 53.7 Å². The number of aliphatic carboxylic acids is 1. The first-order valence-electron chi connectivity index (χ1n) is 11.2. The molecule has 0 spiro atoms. The number of carbonyl (C=O) groups is 1. The summed E-state index contributed by atoms with van der Waals surface area (Å²) in [5, 5.41) is 10.5. The number of rotatable bonds is 10. The molecule has 1 unspecified atom stereocenters. The maximum atomic E-state index is 12.7. The second-order valence-corrected chi connectivity index (χ2v) is 8.99. The van der Waals surface area contributed by atoms with Crippen molar-refractivity contribution >= 4 is 17.3 Å². The van der Waals surface area contributed by atoms with Crippen LogP contribution in [0.4, 0.5) is 8.78 Å². The highest BCUT2D eigenvalue weighted by Gasteiger charge is 2.44. The molecule has 2 atom stereocenters. The van der Waals surface area contributed by atoms with Crippen LogP contribution in [0, 0.1) is 11.3 Å². The fourth-order valence-electron chi connectivity index (χ4n) is 4.16. The molecular formula is C23H33F2N3O4S. The van der Waals surface area contributed by atoms with Gasteiger partial charge in [-0.15, -0.1) is 11.3 Å². The van der Waals surface area contributed by atoms with Gasteiger partial charge in [0.15, 0.2) is 0 Å². The Kier molecular flexibility index (Phi) is 10.6. The molecule has 3 heterocycles. The summed E-state index contributed by atoms with van der Waals surface area (Å²) in [4.78, 5) is 23.4. The molecule has 0 radical (unpaired) electrons. The highest BCUT2D eigenvalue weighted by atomic mass is 32.1. The Morgan fingerprint density at radius 1 is 1.39 bits per heavy atom. The van der Waals surface area contributed by atoms with E-state index in [0.717, 1.165) is 11.4 Å². The number of alkyl halides is 2. The number of likely N-dealkylation sites (tertiary alicyclic amines) is 1. The Morgan fingerprint density at radius 2 is 2.15 bits per heavy atom. The van der Waals surface area contributed by atoms with E-state index in [9.17, 15) is 18.7 Å². The van der Waals surface area contributed by atoms with E-state index in [-0.39, 0.29) is 11.8 Å². The second kappa shape index (κ2) is 12.9. The zero-order valence-corrected chi connectivity index (χ0v) is 20.4. The highest BCUT2D eigenvalue weighted by molar-refractivity contribution is 7.15. The summed E-state index contributed by atoms with van der Waals surface area (Å²) in [6.45, 7) is 7.71. The van der Waals surface area contributed by atoms with Crippen molar-refractivity contribution in [3.63, 3.8) is 0 Å². The average Bonchev–Trinajstić information content (AvgIpc) is 3.23. The van der Waals surface area contributed by atoms with E-state index < -0.39 is 18.0 Å². The van der Waals surface area contributed by atoms with Crippen LogP contribution in [-0.2, 0) is 16.1 Å². The van der Waals surface area contributed by atoms with Crippen LogP contribution in [0.5, 0.6) is 5.88 Å². The van der Waals surface area contributed by atoms with Gasteiger partial charge in [0.1, 0.15) is 5.01 Å². The van der Waals surface area contributed by atoms with Crippen LogP contribution in [0.3, 0.4) is 0 Å². The minimum Gasteiger partial charge on any atom is -0.481 e. The molecule has 1 saturated heterocycles. The number of thiazole rings is 1. The normalized spacial score (nSPS) is 20.9. The average molecular weight is 486 g/mol. The summed E-state index contributed by atoms with van der Waals surface area (Å²) >= 11 is 1.36. The maximum Gasteiger partial charge on any atom is 0.388 e. The molecule has 0 saturated carbocycles. The highest BCUT2D eigenvalue weighted by Crippen LogP contribution is 2.38.